The molecule has 0 unspecified atom stereocenters. The lowest BCUT2D eigenvalue weighted by atomic mass is 10.2. The molecule has 0 bridgehead atoms. The minimum atomic E-state index is -1.06. The van der Waals surface area contributed by atoms with Crippen LogP contribution >= 0.6 is 23.2 Å². The minimum Gasteiger partial charge on any atom is -0.493 e. The van der Waals surface area contributed by atoms with Gasteiger partial charge in [0.15, 0.2) is 11.5 Å². The van der Waals surface area contributed by atoms with Gasteiger partial charge >= 0.3 is 17.8 Å². The Bertz CT molecular complexity index is 1280. The molecule has 0 heterocycles. The second kappa shape index (κ2) is 11.3. The van der Waals surface area contributed by atoms with Crippen LogP contribution in [-0.4, -0.2) is 31.1 Å². The number of methoxy groups -OCH3 is 1. The Labute approximate surface area is 203 Å². The molecule has 34 heavy (non-hydrogen) atoms. The van der Waals surface area contributed by atoms with Crippen molar-refractivity contribution in [3.05, 3.63) is 87.7 Å². The number of esters is 1. The smallest absolute Gasteiger partial charge is 0.345 e. The SMILES string of the molecule is COc1cc(C=NNC(=O)C(=O)Nc2ccc(F)c(Cl)c2)ccc1OC(=O)c1ccccc1Cl. The zero-order chi connectivity index (χ0) is 24.7. The summed E-state index contributed by atoms with van der Waals surface area (Å²) in [6.45, 7) is 0. The first kappa shape index (κ1) is 24.7. The summed E-state index contributed by atoms with van der Waals surface area (Å²) in [7, 11) is 1.39. The molecular formula is C23H16Cl2FN3O5. The third kappa shape index (κ3) is 6.31. The molecule has 0 fully saturated rings. The topological polar surface area (TPSA) is 106 Å². The summed E-state index contributed by atoms with van der Waals surface area (Å²) in [5.41, 5.74) is 2.87. The highest BCUT2D eigenvalue weighted by molar-refractivity contribution is 6.39. The number of anilines is 1. The maximum absolute atomic E-state index is 13.2. The van der Waals surface area contributed by atoms with Crippen LogP contribution in [0.4, 0.5) is 10.1 Å². The molecule has 2 amide bonds. The third-order valence-electron chi connectivity index (χ3n) is 4.25. The summed E-state index contributed by atoms with van der Waals surface area (Å²) in [6.07, 6.45) is 1.25. The summed E-state index contributed by atoms with van der Waals surface area (Å²) < 4.78 is 23.8. The van der Waals surface area contributed by atoms with E-state index in [2.05, 4.69) is 15.8 Å². The molecular weight excluding hydrogens is 488 g/mol. The van der Waals surface area contributed by atoms with E-state index in [0.29, 0.717) is 5.56 Å². The van der Waals surface area contributed by atoms with Gasteiger partial charge in [0, 0.05) is 5.69 Å². The highest BCUT2D eigenvalue weighted by atomic mass is 35.5. The van der Waals surface area contributed by atoms with Crippen LogP contribution in [0.25, 0.3) is 0 Å². The monoisotopic (exact) mass is 503 g/mol. The van der Waals surface area contributed by atoms with E-state index >= 15 is 0 Å². The van der Waals surface area contributed by atoms with Crippen LogP contribution in [0.15, 0.2) is 65.8 Å². The van der Waals surface area contributed by atoms with Gasteiger partial charge in [-0.3, -0.25) is 9.59 Å². The van der Waals surface area contributed by atoms with Gasteiger partial charge in [-0.25, -0.2) is 14.6 Å². The fourth-order valence-electron chi connectivity index (χ4n) is 2.61. The van der Waals surface area contributed by atoms with Crippen molar-refractivity contribution in [2.24, 2.45) is 5.10 Å². The molecule has 0 saturated carbocycles. The van der Waals surface area contributed by atoms with E-state index in [-0.39, 0.29) is 32.8 Å². The molecule has 0 aliphatic carbocycles. The van der Waals surface area contributed by atoms with Gasteiger partial charge < -0.3 is 14.8 Å². The summed E-state index contributed by atoms with van der Waals surface area (Å²) in [5, 5.41) is 6.02. The van der Waals surface area contributed by atoms with E-state index in [1.54, 1.807) is 24.3 Å². The summed E-state index contributed by atoms with van der Waals surface area (Å²) in [4.78, 5) is 36.2. The number of benzene rings is 3. The lowest BCUT2D eigenvalue weighted by molar-refractivity contribution is -0.136. The molecule has 8 nitrogen and oxygen atoms in total. The number of ether oxygens (including phenoxy) is 2. The van der Waals surface area contributed by atoms with E-state index in [1.165, 1.54) is 37.6 Å². The van der Waals surface area contributed by atoms with Crippen LogP contribution < -0.4 is 20.2 Å². The molecule has 0 aliphatic rings. The van der Waals surface area contributed by atoms with E-state index in [4.69, 9.17) is 32.7 Å². The number of hydrogen-bond donors (Lipinski definition) is 2. The number of hydrazone groups is 1. The van der Waals surface area contributed by atoms with Crippen LogP contribution in [0.5, 0.6) is 11.5 Å². The molecule has 3 aromatic carbocycles. The van der Waals surface area contributed by atoms with Crippen molar-refractivity contribution in [1.82, 2.24) is 5.43 Å². The van der Waals surface area contributed by atoms with Gasteiger partial charge in [-0.2, -0.15) is 5.10 Å². The predicted octanol–water partition coefficient (Wildman–Crippen LogP) is 4.45. The molecule has 0 radical (unpaired) electrons. The summed E-state index contributed by atoms with van der Waals surface area (Å²) in [5.74, 6) is -3.04. The van der Waals surface area contributed by atoms with Gasteiger partial charge in [0.1, 0.15) is 5.82 Å². The van der Waals surface area contributed by atoms with Gasteiger partial charge in [0.05, 0.1) is 28.9 Å². The van der Waals surface area contributed by atoms with Crippen molar-refractivity contribution < 1.29 is 28.2 Å². The predicted molar refractivity (Wildman–Crippen MR) is 125 cm³/mol. The molecule has 11 heteroatoms. The maximum Gasteiger partial charge on any atom is 0.345 e. The van der Waals surface area contributed by atoms with Crippen molar-refractivity contribution in [3.63, 3.8) is 0 Å². The fraction of sp³-hybridized carbons (Fsp3) is 0.0435. The first-order valence-electron chi connectivity index (χ1n) is 9.52. The van der Waals surface area contributed by atoms with Gasteiger partial charge in [0.2, 0.25) is 0 Å². The van der Waals surface area contributed by atoms with Crippen LogP contribution in [-0.2, 0) is 9.59 Å². The van der Waals surface area contributed by atoms with E-state index < -0.39 is 23.6 Å². The minimum absolute atomic E-state index is 0.141. The number of nitrogens with zero attached hydrogens (tertiary/aromatic N) is 1. The Morgan fingerprint density at radius 1 is 0.941 bits per heavy atom. The van der Waals surface area contributed by atoms with Gasteiger partial charge in [-0.15, -0.1) is 0 Å². The second-order valence-electron chi connectivity index (χ2n) is 6.56. The highest BCUT2D eigenvalue weighted by Crippen LogP contribution is 2.29. The number of halogens is 3. The van der Waals surface area contributed by atoms with Gasteiger partial charge in [-0.1, -0.05) is 35.3 Å². The number of carbonyl (C=O) groups excluding carboxylic acids is 3. The highest BCUT2D eigenvalue weighted by Gasteiger charge is 2.16. The van der Waals surface area contributed by atoms with Crippen molar-refractivity contribution in [2.75, 3.05) is 12.4 Å². The molecule has 0 aliphatic heterocycles. The lowest BCUT2D eigenvalue weighted by Gasteiger charge is -2.10. The Balaban J connectivity index is 1.61. The number of carbonyl (C=O) groups is 3. The second-order valence-corrected chi connectivity index (χ2v) is 7.38. The zero-order valence-corrected chi connectivity index (χ0v) is 19.0. The van der Waals surface area contributed by atoms with Gasteiger partial charge in [0.25, 0.3) is 0 Å². The van der Waals surface area contributed by atoms with Gasteiger partial charge in [-0.05, 0) is 54.1 Å². The Hall–Kier alpha value is -3.95. The first-order chi connectivity index (χ1) is 16.3. The maximum atomic E-state index is 13.2. The van der Waals surface area contributed by atoms with Crippen LogP contribution in [0.3, 0.4) is 0 Å². The molecule has 3 aromatic rings. The van der Waals surface area contributed by atoms with Crippen molar-refractivity contribution in [1.29, 1.82) is 0 Å². The number of amides is 2. The summed E-state index contributed by atoms with van der Waals surface area (Å²) >= 11 is 11.7. The van der Waals surface area contributed by atoms with Crippen LogP contribution in [0, 0.1) is 5.82 Å². The summed E-state index contributed by atoms with van der Waals surface area (Å²) in [6, 6.07) is 14.4. The fourth-order valence-corrected chi connectivity index (χ4v) is 3.00. The van der Waals surface area contributed by atoms with Crippen molar-refractivity contribution >= 4 is 52.9 Å². The molecule has 0 atom stereocenters. The molecule has 0 spiro atoms. The van der Waals surface area contributed by atoms with Crippen LogP contribution in [0.1, 0.15) is 15.9 Å². The largest absolute Gasteiger partial charge is 0.493 e. The lowest BCUT2D eigenvalue weighted by Crippen LogP contribution is -2.32. The van der Waals surface area contributed by atoms with Crippen molar-refractivity contribution in [2.45, 2.75) is 0 Å². The quantitative estimate of drug-likeness (QED) is 0.170. The standard InChI is InChI=1S/C23H16Cl2FN3O5/c1-33-20-10-13(6-9-19(20)34-23(32)15-4-2-3-5-16(15)24)12-27-29-22(31)21(30)28-14-7-8-18(26)17(25)11-14/h2-12H,1H3,(H,28,30)(H,29,31). The Morgan fingerprint density at radius 3 is 2.41 bits per heavy atom. The van der Waals surface area contributed by atoms with Crippen LogP contribution in [0.2, 0.25) is 10.0 Å². The molecule has 3 rings (SSSR count). The number of nitrogens with one attached hydrogen (secondary N) is 2. The third-order valence-corrected chi connectivity index (χ3v) is 4.87. The normalized spacial score (nSPS) is 10.6. The molecule has 2 N–H and O–H groups in total. The number of rotatable bonds is 6. The van der Waals surface area contributed by atoms with E-state index in [1.807, 2.05) is 0 Å². The average Bonchev–Trinajstić information content (AvgIpc) is 2.82. The molecule has 174 valence electrons. The van der Waals surface area contributed by atoms with E-state index in [0.717, 1.165) is 12.1 Å². The van der Waals surface area contributed by atoms with E-state index in [9.17, 15) is 18.8 Å². The van der Waals surface area contributed by atoms with Crippen molar-refractivity contribution in [3.8, 4) is 11.5 Å². The Morgan fingerprint density at radius 2 is 1.71 bits per heavy atom. The Kier molecular flexibility index (Phi) is 8.18. The molecule has 0 saturated heterocycles. The molecule has 0 aromatic heterocycles. The first-order valence-corrected chi connectivity index (χ1v) is 10.3. The average molecular weight is 504 g/mol. The zero-order valence-electron chi connectivity index (χ0n) is 17.5. The number of hydrogen-bond acceptors (Lipinski definition) is 6.